The fourth-order valence-electron chi connectivity index (χ4n) is 2.05. The maximum atomic E-state index is 12.4. The van der Waals surface area contributed by atoms with E-state index in [1.807, 2.05) is 30.3 Å². The van der Waals surface area contributed by atoms with Gasteiger partial charge in [-0.1, -0.05) is 18.2 Å². The van der Waals surface area contributed by atoms with E-state index in [0.717, 1.165) is 16.3 Å². The second-order valence-corrected chi connectivity index (χ2v) is 5.88. The van der Waals surface area contributed by atoms with Crippen LogP contribution < -0.4 is 11.1 Å². The molecule has 0 atom stereocenters. The normalized spacial score (nSPS) is 17.4. The van der Waals surface area contributed by atoms with Gasteiger partial charge in [0.15, 0.2) is 0 Å². The molecule has 1 aromatic carbocycles. The van der Waals surface area contributed by atoms with Crippen molar-refractivity contribution < 1.29 is 9.53 Å². The first-order chi connectivity index (χ1) is 9.65. The van der Waals surface area contributed by atoms with Crippen LogP contribution in [0, 0.1) is 0 Å². The fraction of sp³-hybridized carbons (Fsp3) is 0.400. The fourth-order valence-corrected chi connectivity index (χ4v) is 2.80. The number of amides is 1. The molecule has 5 heteroatoms. The lowest BCUT2D eigenvalue weighted by molar-refractivity contribution is -0.124. The van der Waals surface area contributed by atoms with Gasteiger partial charge in [-0.05, 0) is 25.0 Å². The highest BCUT2D eigenvalue weighted by molar-refractivity contribution is 7.99. The van der Waals surface area contributed by atoms with Crippen LogP contribution in [-0.4, -0.2) is 30.4 Å². The second-order valence-electron chi connectivity index (χ2n) is 4.82. The van der Waals surface area contributed by atoms with Crippen LogP contribution in [0.25, 0.3) is 0 Å². The van der Waals surface area contributed by atoms with E-state index in [9.17, 15) is 4.79 Å². The second kappa shape index (κ2) is 6.92. The third-order valence-electron chi connectivity index (χ3n) is 3.33. The lowest BCUT2D eigenvalue weighted by Crippen LogP contribution is -2.54. The molecule has 1 heterocycles. The number of carbonyl (C=O) groups is 1. The van der Waals surface area contributed by atoms with Crippen molar-refractivity contribution in [2.24, 2.45) is 5.73 Å². The summed E-state index contributed by atoms with van der Waals surface area (Å²) in [5.74, 6) is 0.668. The maximum absolute atomic E-state index is 12.4. The van der Waals surface area contributed by atoms with Crippen molar-refractivity contribution in [3.8, 4) is 0 Å². The van der Waals surface area contributed by atoms with Crippen LogP contribution in [0.15, 0.2) is 41.8 Å². The molecule has 20 heavy (non-hydrogen) atoms. The van der Waals surface area contributed by atoms with Crippen LogP contribution in [-0.2, 0) is 9.53 Å². The molecule has 0 aromatic heterocycles. The van der Waals surface area contributed by atoms with E-state index in [4.69, 9.17) is 10.5 Å². The van der Waals surface area contributed by atoms with E-state index in [1.54, 1.807) is 11.8 Å². The Morgan fingerprint density at radius 1 is 1.45 bits per heavy atom. The maximum Gasteiger partial charge on any atom is 0.244 e. The van der Waals surface area contributed by atoms with Crippen molar-refractivity contribution in [1.82, 2.24) is 0 Å². The van der Waals surface area contributed by atoms with Crippen LogP contribution in [0.4, 0.5) is 5.69 Å². The van der Waals surface area contributed by atoms with Crippen molar-refractivity contribution >= 4 is 23.4 Å². The van der Waals surface area contributed by atoms with Crippen molar-refractivity contribution in [3.63, 3.8) is 0 Å². The van der Waals surface area contributed by atoms with Crippen LogP contribution >= 0.6 is 11.8 Å². The number of nitrogens with one attached hydrogen (secondary N) is 1. The predicted octanol–water partition coefficient (Wildman–Crippen LogP) is 2.41. The highest BCUT2D eigenvalue weighted by Gasteiger charge is 2.36. The summed E-state index contributed by atoms with van der Waals surface area (Å²) < 4.78 is 5.27. The summed E-state index contributed by atoms with van der Waals surface area (Å²) in [6.45, 7) is 4.79. The number of nitrogens with two attached hydrogens (primary N) is 1. The molecule has 0 spiro atoms. The summed E-state index contributed by atoms with van der Waals surface area (Å²) in [5, 5.41) is 2.96. The van der Waals surface area contributed by atoms with Gasteiger partial charge in [0.2, 0.25) is 5.91 Å². The van der Waals surface area contributed by atoms with Gasteiger partial charge >= 0.3 is 0 Å². The lowest BCUT2D eigenvalue weighted by Gasteiger charge is -2.32. The predicted molar refractivity (Wildman–Crippen MR) is 83.0 cm³/mol. The van der Waals surface area contributed by atoms with E-state index < -0.39 is 5.54 Å². The van der Waals surface area contributed by atoms with Crippen molar-refractivity contribution in [3.05, 3.63) is 36.9 Å². The van der Waals surface area contributed by atoms with Crippen LogP contribution in [0.1, 0.15) is 12.8 Å². The minimum Gasteiger partial charge on any atom is -0.381 e. The average Bonchev–Trinajstić information content (AvgIpc) is 2.47. The first-order valence-corrected chi connectivity index (χ1v) is 7.65. The monoisotopic (exact) mass is 292 g/mol. The summed E-state index contributed by atoms with van der Waals surface area (Å²) in [6.07, 6.45) is 2.95. The van der Waals surface area contributed by atoms with E-state index in [-0.39, 0.29) is 5.91 Å². The molecule has 2 rings (SSSR count). The molecule has 108 valence electrons. The first kappa shape index (κ1) is 15.1. The molecule has 0 unspecified atom stereocenters. The third kappa shape index (κ3) is 3.62. The van der Waals surface area contributed by atoms with Gasteiger partial charge in [0.05, 0.1) is 5.69 Å². The zero-order valence-corrected chi connectivity index (χ0v) is 12.2. The van der Waals surface area contributed by atoms with Gasteiger partial charge in [0, 0.05) is 23.9 Å². The first-order valence-electron chi connectivity index (χ1n) is 6.66. The molecule has 4 nitrogen and oxygen atoms in total. The average molecular weight is 292 g/mol. The number of hydrogen-bond donors (Lipinski definition) is 2. The molecule has 1 amide bonds. The molecule has 3 N–H and O–H groups in total. The number of rotatable bonds is 5. The zero-order valence-electron chi connectivity index (χ0n) is 11.4. The number of anilines is 1. The molecule has 1 aliphatic heterocycles. The Labute approximate surface area is 123 Å². The Kier molecular flexibility index (Phi) is 5.23. The molecule has 1 fully saturated rings. The molecule has 1 aromatic rings. The molecule has 0 radical (unpaired) electrons. The van der Waals surface area contributed by atoms with Crippen LogP contribution in [0.5, 0.6) is 0 Å². The number of thioether (sulfide) groups is 1. The smallest absolute Gasteiger partial charge is 0.244 e. The van der Waals surface area contributed by atoms with Gasteiger partial charge in [0.1, 0.15) is 5.54 Å². The molecule has 0 saturated carbocycles. The molecule has 0 bridgehead atoms. The molecular formula is C15H20N2O2S. The van der Waals surface area contributed by atoms with E-state index >= 15 is 0 Å². The Bertz CT molecular complexity index is 485. The van der Waals surface area contributed by atoms with E-state index in [1.165, 1.54) is 0 Å². The number of para-hydroxylation sites is 1. The minimum atomic E-state index is -0.825. The van der Waals surface area contributed by atoms with Gasteiger partial charge in [-0.3, -0.25) is 4.79 Å². The van der Waals surface area contributed by atoms with Gasteiger partial charge in [-0.25, -0.2) is 0 Å². The van der Waals surface area contributed by atoms with Gasteiger partial charge in [-0.15, -0.1) is 18.3 Å². The third-order valence-corrected chi connectivity index (χ3v) is 4.40. The summed E-state index contributed by atoms with van der Waals surface area (Å²) in [6, 6.07) is 7.73. The largest absolute Gasteiger partial charge is 0.381 e. The van der Waals surface area contributed by atoms with Crippen molar-refractivity contribution in [1.29, 1.82) is 0 Å². The van der Waals surface area contributed by atoms with Gasteiger partial charge in [0.25, 0.3) is 0 Å². The molecule has 0 aliphatic carbocycles. The van der Waals surface area contributed by atoms with Crippen molar-refractivity contribution in [2.75, 3.05) is 24.3 Å². The Morgan fingerprint density at radius 3 is 2.85 bits per heavy atom. The molecule has 1 aliphatic rings. The highest BCUT2D eigenvalue weighted by atomic mass is 32.2. The summed E-state index contributed by atoms with van der Waals surface area (Å²) in [5.41, 5.74) is 6.17. The highest BCUT2D eigenvalue weighted by Crippen LogP contribution is 2.28. The van der Waals surface area contributed by atoms with Crippen LogP contribution in [0.2, 0.25) is 0 Å². The lowest BCUT2D eigenvalue weighted by atomic mass is 9.90. The minimum absolute atomic E-state index is 0.132. The standard InChI is InChI=1S/C15H20N2O2S/c1-2-11-20-13-6-4-3-5-12(13)17-14(18)15(16)7-9-19-10-8-15/h2-6H,1,7-11,16H2,(H,17,18). The zero-order chi connectivity index (χ0) is 14.4. The van der Waals surface area contributed by atoms with Gasteiger partial charge in [-0.2, -0.15) is 0 Å². The van der Waals surface area contributed by atoms with E-state index in [2.05, 4.69) is 11.9 Å². The number of benzene rings is 1. The summed E-state index contributed by atoms with van der Waals surface area (Å²) >= 11 is 1.64. The Balaban J connectivity index is 2.08. The van der Waals surface area contributed by atoms with E-state index in [0.29, 0.717) is 26.1 Å². The Hall–Kier alpha value is -1.30. The van der Waals surface area contributed by atoms with Crippen LogP contribution in [0.3, 0.4) is 0 Å². The summed E-state index contributed by atoms with van der Waals surface area (Å²) in [4.78, 5) is 13.4. The SMILES string of the molecule is C=CCSc1ccccc1NC(=O)C1(N)CCOCC1. The molecular weight excluding hydrogens is 272 g/mol. The number of ether oxygens (including phenoxy) is 1. The quantitative estimate of drug-likeness (QED) is 0.646. The number of carbonyl (C=O) groups excluding carboxylic acids is 1. The van der Waals surface area contributed by atoms with Crippen molar-refractivity contribution in [2.45, 2.75) is 23.3 Å². The Morgan fingerprint density at radius 2 is 2.15 bits per heavy atom. The summed E-state index contributed by atoms with van der Waals surface area (Å²) in [7, 11) is 0. The number of hydrogen-bond acceptors (Lipinski definition) is 4. The topological polar surface area (TPSA) is 64.4 Å². The molecule has 1 saturated heterocycles. The van der Waals surface area contributed by atoms with Gasteiger partial charge < -0.3 is 15.8 Å².